The van der Waals surface area contributed by atoms with Gasteiger partial charge in [0.1, 0.15) is 5.56 Å². The average molecular weight is 421 g/mol. The lowest BCUT2D eigenvalue weighted by Crippen LogP contribution is -2.97. The molecule has 2 heterocycles. The Balaban J connectivity index is 2.41. The summed E-state index contributed by atoms with van der Waals surface area (Å²) in [5.74, 6) is -1.42. The molecule has 0 radical (unpaired) electrons. The van der Waals surface area contributed by atoms with Gasteiger partial charge in [-0.05, 0) is 5.56 Å². The van der Waals surface area contributed by atoms with Crippen molar-refractivity contribution in [1.29, 1.82) is 0 Å². The van der Waals surface area contributed by atoms with Crippen LogP contribution in [0, 0.1) is 0 Å². The van der Waals surface area contributed by atoms with Crippen LogP contribution < -0.4 is 21.6 Å². The highest BCUT2D eigenvalue weighted by Crippen LogP contribution is 2.48. The Bertz CT molecular complexity index is 1080. The van der Waals surface area contributed by atoms with Crippen LogP contribution in [0.2, 0.25) is 0 Å². The van der Waals surface area contributed by atoms with Crippen LogP contribution in [-0.2, 0) is 26.1 Å². The molecule has 3 rings (SSSR count). The standard InChI is InChI=1S/C17H14F6N4O2/c1-26-12-11(13(28)27(2)14(26)29)15(16(18,19)20,17(21,22)23)25-10(24-12)8-9-6-4-3-5-7-9/h3-7H,8H2,1-2H3,(H,24,25)/p+1. The molecule has 0 bridgehead atoms. The van der Waals surface area contributed by atoms with E-state index < -0.39 is 46.4 Å². The van der Waals surface area contributed by atoms with Crippen molar-refractivity contribution in [3.05, 3.63) is 62.3 Å². The molecule has 156 valence electrons. The predicted molar refractivity (Wildman–Crippen MR) is 90.5 cm³/mol. The van der Waals surface area contributed by atoms with Gasteiger partial charge in [0.25, 0.3) is 11.4 Å². The summed E-state index contributed by atoms with van der Waals surface area (Å²) in [6, 6.07) is 7.79. The molecule has 0 spiro atoms. The molecular weight excluding hydrogens is 406 g/mol. The highest BCUT2D eigenvalue weighted by molar-refractivity contribution is 5.94. The molecule has 0 fully saturated rings. The predicted octanol–water partition coefficient (Wildman–Crippen LogP) is 0.551. The normalized spacial score (nSPS) is 16.1. The van der Waals surface area contributed by atoms with Crippen molar-refractivity contribution in [3.8, 4) is 0 Å². The Morgan fingerprint density at radius 1 is 0.966 bits per heavy atom. The van der Waals surface area contributed by atoms with Crippen molar-refractivity contribution in [1.82, 2.24) is 9.13 Å². The summed E-state index contributed by atoms with van der Waals surface area (Å²) in [4.78, 5) is 26.0. The van der Waals surface area contributed by atoms with Gasteiger partial charge in [0, 0.05) is 14.1 Å². The van der Waals surface area contributed by atoms with Crippen LogP contribution in [-0.4, -0.2) is 27.3 Å². The van der Waals surface area contributed by atoms with Crippen molar-refractivity contribution < 1.29 is 31.3 Å². The fourth-order valence-electron chi connectivity index (χ4n) is 3.27. The van der Waals surface area contributed by atoms with E-state index >= 15 is 0 Å². The van der Waals surface area contributed by atoms with E-state index in [1.165, 1.54) is 17.1 Å². The summed E-state index contributed by atoms with van der Waals surface area (Å²) in [6.07, 6.45) is -12.2. The summed E-state index contributed by atoms with van der Waals surface area (Å²) in [7, 11) is 1.79. The first-order valence-electron chi connectivity index (χ1n) is 8.20. The maximum absolute atomic E-state index is 14.0. The number of alkyl halides is 6. The summed E-state index contributed by atoms with van der Waals surface area (Å²) >= 11 is 0. The fraction of sp³-hybridized carbons (Fsp3) is 0.353. The Hall–Kier alpha value is -3.05. The van der Waals surface area contributed by atoms with Gasteiger partial charge in [0.15, 0.2) is 0 Å². The van der Waals surface area contributed by atoms with Crippen LogP contribution in [0.3, 0.4) is 0 Å². The first-order valence-corrected chi connectivity index (χ1v) is 8.20. The summed E-state index contributed by atoms with van der Waals surface area (Å²) in [5, 5.41) is 2.38. The number of rotatable bonds is 2. The van der Waals surface area contributed by atoms with Gasteiger partial charge in [0.05, 0.1) is 6.42 Å². The second-order valence-corrected chi connectivity index (χ2v) is 6.57. The summed E-state index contributed by atoms with van der Waals surface area (Å²) < 4.78 is 84.6. The van der Waals surface area contributed by atoms with E-state index in [9.17, 15) is 35.9 Å². The molecule has 12 heteroatoms. The van der Waals surface area contributed by atoms with E-state index in [4.69, 9.17) is 0 Å². The third-order valence-corrected chi connectivity index (χ3v) is 4.72. The van der Waals surface area contributed by atoms with Crippen LogP contribution in [0.5, 0.6) is 0 Å². The van der Waals surface area contributed by atoms with Crippen molar-refractivity contribution in [2.45, 2.75) is 24.3 Å². The monoisotopic (exact) mass is 421 g/mol. The first kappa shape index (κ1) is 20.7. The van der Waals surface area contributed by atoms with Crippen molar-refractivity contribution in [3.63, 3.8) is 0 Å². The molecule has 1 aromatic heterocycles. The summed E-state index contributed by atoms with van der Waals surface area (Å²) in [5.41, 5.74) is -8.68. The zero-order valence-corrected chi connectivity index (χ0v) is 15.1. The lowest BCUT2D eigenvalue weighted by Gasteiger charge is -2.35. The number of hydrogen-bond acceptors (Lipinski definition) is 3. The van der Waals surface area contributed by atoms with Crippen LogP contribution >= 0.6 is 0 Å². The number of halogens is 6. The lowest BCUT2D eigenvalue weighted by atomic mass is 9.87. The molecular formula is C17H15F6N4O2+. The van der Waals surface area contributed by atoms with E-state index in [0.29, 0.717) is 10.1 Å². The smallest absolute Gasteiger partial charge is 0.268 e. The Kier molecular flexibility index (Phi) is 4.63. The van der Waals surface area contributed by atoms with Crippen LogP contribution in [0.25, 0.3) is 0 Å². The lowest BCUT2D eigenvalue weighted by molar-refractivity contribution is -0.659. The SMILES string of the molecule is Cn1c2c(c(=O)n(C)c1=O)C(C(F)(F)F)(C(F)(F)F)[NH+]=C(Cc1ccccc1)N2. The van der Waals surface area contributed by atoms with E-state index in [0.717, 1.165) is 14.1 Å². The molecule has 6 nitrogen and oxygen atoms in total. The van der Waals surface area contributed by atoms with Crippen molar-refractivity contribution in [2.24, 2.45) is 14.1 Å². The molecule has 2 aromatic rings. The molecule has 29 heavy (non-hydrogen) atoms. The largest absolute Gasteiger partial charge is 0.446 e. The quantitative estimate of drug-likeness (QED) is 0.697. The molecule has 0 amide bonds. The minimum atomic E-state index is -5.94. The minimum absolute atomic E-state index is 0.205. The third kappa shape index (κ3) is 3.02. The van der Waals surface area contributed by atoms with Gasteiger partial charge in [0.2, 0.25) is 5.82 Å². The van der Waals surface area contributed by atoms with Gasteiger partial charge in [-0.1, -0.05) is 30.3 Å². The highest BCUT2D eigenvalue weighted by atomic mass is 19.4. The second kappa shape index (κ2) is 6.49. The van der Waals surface area contributed by atoms with Crippen LogP contribution in [0.4, 0.5) is 32.2 Å². The Morgan fingerprint density at radius 3 is 2.03 bits per heavy atom. The number of fused-ring (bicyclic) bond motifs is 1. The fourth-order valence-corrected chi connectivity index (χ4v) is 3.27. The average Bonchev–Trinajstić information content (AvgIpc) is 2.63. The minimum Gasteiger partial charge on any atom is -0.268 e. The number of hydrogen-bond donors (Lipinski definition) is 2. The maximum Gasteiger partial charge on any atom is 0.446 e. The van der Waals surface area contributed by atoms with Gasteiger partial charge >= 0.3 is 23.6 Å². The molecule has 1 aliphatic heterocycles. The maximum atomic E-state index is 14.0. The third-order valence-electron chi connectivity index (χ3n) is 4.72. The van der Waals surface area contributed by atoms with E-state index in [1.54, 1.807) is 18.2 Å². The number of aromatic nitrogens is 2. The molecule has 0 saturated heterocycles. The second-order valence-electron chi connectivity index (χ2n) is 6.57. The Labute approximate surface area is 159 Å². The molecule has 0 atom stereocenters. The van der Waals surface area contributed by atoms with Gasteiger partial charge < -0.3 is 0 Å². The number of nitrogens with one attached hydrogen (secondary N) is 2. The molecule has 0 aliphatic carbocycles. The van der Waals surface area contributed by atoms with E-state index in [-0.39, 0.29) is 11.0 Å². The van der Waals surface area contributed by atoms with Crippen molar-refractivity contribution >= 4 is 11.7 Å². The number of nitrogens with zero attached hydrogens (tertiary/aromatic N) is 2. The van der Waals surface area contributed by atoms with Gasteiger partial charge in [-0.3, -0.25) is 18.9 Å². The Morgan fingerprint density at radius 2 is 1.52 bits per heavy atom. The molecule has 1 aromatic carbocycles. The molecule has 0 unspecified atom stereocenters. The van der Waals surface area contributed by atoms with Crippen LogP contribution in [0.15, 0.2) is 39.9 Å². The molecule has 1 aliphatic rings. The zero-order chi connectivity index (χ0) is 21.8. The topological polar surface area (TPSA) is 70.0 Å². The van der Waals surface area contributed by atoms with E-state index in [2.05, 4.69) is 5.32 Å². The zero-order valence-electron chi connectivity index (χ0n) is 15.1. The van der Waals surface area contributed by atoms with Gasteiger partial charge in [-0.2, -0.15) is 26.3 Å². The summed E-state index contributed by atoms with van der Waals surface area (Å²) in [6.45, 7) is 0. The first-order chi connectivity index (χ1) is 13.3. The highest BCUT2D eigenvalue weighted by Gasteiger charge is 2.78. The molecule has 0 saturated carbocycles. The number of amidine groups is 1. The number of anilines is 1. The van der Waals surface area contributed by atoms with Crippen LogP contribution in [0.1, 0.15) is 11.1 Å². The van der Waals surface area contributed by atoms with Gasteiger partial charge in [-0.25, -0.2) is 10.1 Å². The number of benzene rings is 1. The van der Waals surface area contributed by atoms with Gasteiger partial charge in [-0.15, -0.1) is 0 Å². The van der Waals surface area contributed by atoms with E-state index in [1.807, 2.05) is 0 Å². The van der Waals surface area contributed by atoms with Crippen molar-refractivity contribution in [2.75, 3.05) is 5.32 Å². The molecule has 2 N–H and O–H groups in total.